The minimum atomic E-state index is -0.790. The molecule has 0 aliphatic carbocycles. The molecule has 0 aliphatic heterocycles. The lowest BCUT2D eigenvalue weighted by atomic mass is 10.0. The number of allylic oxidation sites excluding steroid dienone is 12. The van der Waals surface area contributed by atoms with Crippen molar-refractivity contribution >= 4 is 17.9 Å². The molecule has 0 heterocycles. The minimum Gasteiger partial charge on any atom is -0.462 e. The highest BCUT2D eigenvalue weighted by atomic mass is 16.6. The minimum absolute atomic E-state index is 0.0909. The van der Waals surface area contributed by atoms with Gasteiger partial charge in [0.1, 0.15) is 13.2 Å². The van der Waals surface area contributed by atoms with Gasteiger partial charge in [0.05, 0.1) is 0 Å². The highest BCUT2D eigenvalue weighted by Gasteiger charge is 2.19. The van der Waals surface area contributed by atoms with Crippen molar-refractivity contribution in [3.8, 4) is 0 Å². The van der Waals surface area contributed by atoms with Crippen LogP contribution in [0.2, 0.25) is 0 Å². The van der Waals surface area contributed by atoms with Gasteiger partial charge in [0.2, 0.25) is 0 Å². The summed E-state index contributed by atoms with van der Waals surface area (Å²) in [6, 6.07) is 0. The molecule has 0 fully saturated rings. The van der Waals surface area contributed by atoms with Crippen molar-refractivity contribution in [2.75, 3.05) is 13.2 Å². The average Bonchev–Trinajstić information content (AvgIpc) is 3.26. The number of hydrogen-bond acceptors (Lipinski definition) is 6. The molecule has 0 spiro atoms. The maximum atomic E-state index is 12.8. The first-order valence-electron chi connectivity index (χ1n) is 25.4. The molecule has 0 saturated carbocycles. The molecule has 0 bridgehead atoms. The van der Waals surface area contributed by atoms with Gasteiger partial charge in [0, 0.05) is 19.3 Å². The van der Waals surface area contributed by atoms with Crippen LogP contribution in [0.25, 0.3) is 0 Å². The van der Waals surface area contributed by atoms with Gasteiger partial charge in [0.15, 0.2) is 6.10 Å². The van der Waals surface area contributed by atoms with Gasteiger partial charge in [0.25, 0.3) is 0 Å². The third-order valence-corrected chi connectivity index (χ3v) is 10.7. The van der Waals surface area contributed by atoms with E-state index in [4.69, 9.17) is 14.2 Å². The lowest BCUT2D eigenvalue weighted by molar-refractivity contribution is -0.167. The molecule has 6 heteroatoms. The summed E-state index contributed by atoms with van der Waals surface area (Å²) in [5.41, 5.74) is 0. The summed E-state index contributed by atoms with van der Waals surface area (Å²) in [6.45, 7) is 6.44. The fourth-order valence-electron chi connectivity index (χ4n) is 6.86. The number of unbranched alkanes of at least 4 members (excludes halogenated alkanes) is 22. The normalized spacial score (nSPS) is 12.6. The lowest BCUT2D eigenvalue weighted by Crippen LogP contribution is -2.30. The van der Waals surface area contributed by atoms with E-state index in [2.05, 4.69) is 93.7 Å². The van der Waals surface area contributed by atoms with Gasteiger partial charge in [-0.15, -0.1) is 0 Å². The topological polar surface area (TPSA) is 78.9 Å². The quantitative estimate of drug-likeness (QED) is 0.0263. The van der Waals surface area contributed by atoms with Gasteiger partial charge in [-0.1, -0.05) is 209 Å². The Labute approximate surface area is 376 Å². The summed E-state index contributed by atoms with van der Waals surface area (Å²) in [7, 11) is 0. The van der Waals surface area contributed by atoms with Crippen LogP contribution < -0.4 is 0 Å². The molecule has 61 heavy (non-hydrogen) atoms. The molecule has 0 N–H and O–H groups in total. The van der Waals surface area contributed by atoms with Crippen molar-refractivity contribution < 1.29 is 28.6 Å². The van der Waals surface area contributed by atoms with E-state index >= 15 is 0 Å². The SMILES string of the molecule is CC/C=C\C/C=C\C/C=C\C/C=C\C/C=C\CCCCCC(=O)OCC(COC(=O)CCCCCC/C=C\CCCC)OC(=O)CCCCCCCCCCCCCCCC. The Morgan fingerprint density at radius 2 is 0.656 bits per heavy atom. The van der Waals surface area contributed by atoms with Crippen molar-refractivity contribution in [2.45, 2.75) is 245 Å². The first-order valence-corrected chi connectivity index (χ1v) is 25.4. The second-order valence-electron chi connectivity index (χ2n) is 16.7. The van der Waals surface area contributed by atoms with Gasteiger partial charge in [-0.3, -0.25) is 14.4 Å². The smallest absolute Gasteiger partial charge is 0.306 e. The van der Waals surface area contributed by atoms with Gasteiger partial charge in [-0.25, -0.2) is 0 Å². The molecule has 0 rings (SSSR count). The summed E-state index contributed by atoms with van der Waals surface area (Å²) in [5.74, 6) is -0.935. The summed E-state index contributed by atoms with van der Waals surface area (Å²) >= 11 is 0. The van der Waals surface area contributed by atoms with Crippen LogP contribution in [0.15, 0.2) is 72.9 Å². The van der Waals surface area contributed by atoms with Crippen LogP contribution in [0.4, 0.5) is 0 Å². The van der Waals surface area contributed by atoms with Crippen LogP contribution in [-0.4, -0.2) is 37.2 Å². The fourth-order valence-corrected chi connectivity index (χ4v) is 6.86. The molecule has 0 aliphatic rings. The number of ether oxygens (including phenoxy) is 3. The molecule has 0 amide bonds. The predicted molar refractivity (Wildman–Crippen MR) is 261 cm³/mol. The largest absolute Gasteiger partial charge is 0.462 e. The van der Waals surface area contributed by atoms with E-state index in [1.807, 2.05) is 0 Å². The molecule has 0 radical (unpaired) electrons. The second-order valence-corrected chi connectivity index (χ2v) is 16.7. The van der Waals surface area contributed by atoms with E-state index in [0.717, 1.165) is 116 Å². The van der Waals surface area contributed by atoms with Crippen LogP contribution in [0.3, 0.4) is 0 Å². The number of carbonyl (C=O) groups excluding carboxylic acids is 3. The number of esters is 3. The van der Waals surface area contributed by atoms with Gasteiger partial charge >= 0.3 is 17.9 Å². The molecule has 350 valence electrons. The van der Waals surface area contributed by atoms with E-state index in [9.17, 15) is 14.4 Å². The number of rotatable bonds is 45. The van der Waals surface area contributed by atoms with Crippen LogP contribution in [-0.2, 0) is 28.6 Å². The summed E-state index contributed by atoms with van der Waals surface area (Å²) in [4.78, 5) is 37.9. The average molecular weight is 851 g/mol. The Hall–Kier alpha value is -3.15. The van der Waals surface area contributed by atoms with Crippen molar-refractivity contribution in [3.63, 3.8) is 0 Å². The fraction of sp³-hybridized carbons (Fsp3) is 0.727. The first-order chi connectivity index (χ1) is 30.0. The third-order valence-electron chi connectivity index (χ3n) is 10.7. The Morgan fingerprint density at radius 1 is 0.344 bits per heavy atom. The zero-order chi connectivity index (χ0) is 44.4. The molecule has 0 aromatic rings. The van der Waals surface area contributed by atoms with Crippen molar-refractivity contribution in [1.82, 2.24) is 0 Å². The lowest BCUT2D eigenvalue weighted by Gasteiger charge is -2.18. The second kappa shape index (κ2) is 49.5. The van der Waals surface area contributed by atoms with E-state index in [0.29, 0.717) is 19.3 Å². The molecule has 0 aromatic carbocycles. The summed E-state index contributed by atoms with van der Waals surface area (Å²) < 4.78 is 16.7. The van der Waals surface area contributed by atoms with Gasteiger partial charge in [-0.2, -0.15) is 0 Å². The van der Waals surface area contributed by atoms with Crippen molar-refractivity contribution in [3.05, 3.63) is 72.9 Å². The Balaban J connectivity index is 4.41. The third kappa shape index (κ3) is 47.7. The maximum Gasteiger partial charge on any atom is 0.306 e. The number of hydrogen-bond donors (Lipinski definition) is 0. The van der Waals surface area contributed by atoms with Crippen molar-refractivity contribution in [1.29, 1.82) is 0 Å². The van der Waals surface area contributed by atoms with Gasteiger partial charge in [-0.05, 0) is 83.5 Å². The van der Waals surface area contributed by atoms with E-state index in [-0.39, 0.29) is 31.1 Å². The predicted octanol–water partition coefficient (Wildman–Crippen LogP) is 16.6. The molecule has 1 atom stereocenters. The Kier molecular flexibility index (Phi) is 46.9. The van der Waals surface area contributed by atoms with E-state index in [1.165, 1.54) is 83.5 Å². The zero-order valence-corrected chi connectivity index (χ0v) is 39.9. The van der Waals surface area contributed by atoms with Gasteiger partial charge < -0.3 is 14.2 Å². The Morgan fingerprint density at radius 3 is 1.08 bits per heavy atom. The molecule has 1 unspecified atom stereocenters. The first kappa shape index (κ1) is 57.9. The van der Waals surface area contributed by atoms with E-state index < -0.39 is 6.10 Å². The summed E-state index contributed by atoms with van der Waals surface area (Å²) in [5, 5.41) is 0. The maximum absolute atomic E-state index is 12.8. The Bertz CT molecular complexity index is 1160. The molecule has 6 nitrogen and oxygen atoms in total. The summed E-state index contributed by atoms with van der Waals surface area (Å²) in [6.07, 6.45) is 61.7. The highest BCUT2D eigenvalue weighted by molar-refractivity contribution is 5.71. The van der Waals surface area contributed by atoms with Crippen LogP contribution in [0.1, 0.15) is 239 Å². The van der Waals surface area contributed by atoms with Crippen LogP contribution in [0.5, 0.6) is 0 Å². The van der Waals surface area contributed by atoms with Crippen molar-refractivity contribution in [2.24, 2.45) is 0 Å². The molecular weight excluding hydrogens is 757 g/mol. The molecular formula is C55H94O6. The zero-order valence-electron chi connectivity index (χ0n) is 39.9. The standard InChI is InChI=1S/C55H94O6/c1-4-7-10-13-16-19-22-24-26-27-28-29-30-32-33-36-39-42-45-48-54(57)60-51-52(50-59-53(56)47-44-41-38-35-21-18-15-12-9-6-3)61-55(58)49-46-43-40-37-34-31-25-23-20-17-14-11-8-5-2/h7,10,15-16,18-19,24,26,28-29,32-33,52H,4-6,8-9,11-14,17,20-23,25,27,30-31,34-51H2,1-3H3/b10-7-,18-15-,19-16-,26-24-,29-28-,33-32-. The van der Waals surface area contributed by atoms with E-state index in [1.54, 1.807) is 0 Å². The van der Waals surface area contributed by atoms with Crippen LogP contribution in [0, 0.1) is 0 Å². The number of carbonyl (C=O) groups is 3. The highest BCUT2D eigenvalue weighted by Crippen LogP contribution is 2.15. The monoisotopic (exact) mass is 851 g/mol. The molecule has 0 saturated heterocycles. The molecule has 0 aromatic heterocycles. The van der Waals surface area contributed by atoms with Crippen LogP contribution >= 0.6 is 0 Å².